The van der Waals surface area contributed by atoms with Crippen LogP contribution in [0.1, 0.15) is 20.3 Å². The number of amides is 3. The molecule has 4 N–H and O–H groups in total. The molecule has 1 aromatic heterocycles. The summed E-state index contributed by atoms with van der Waals surface area (Å²) in [6.45, 7) is 3.90. The summed E-state index contributed by atoms with van der Waals surface area (Å²) < 4.78 is 18.7. The SMILES string of the molecule is CC(C)CC(NC(N)=O)C(=O)Nc1cccc(-c2ccc(Oc3ccc(F)cc3)cc2)n1. The van der Waals surface area contributed by atoms with E-state index in [0.717, 1.165) is 5.56 Å². The number of benzene rings is 2. The molecule has 0 fully saturated rings. The van der Waals surface area contributed by atoms with E-state index in [9.17, 15) is 14.0 Å². The van der Waals surface area contributed by atoms with E-state index in [4.69, 9.17) is 10.5 Å². The van der Waals surface area contributed by atoms with Crippen molar-refractivity contribution in [2.75, 3.05) is 5.32 Å². The van der Waals surface area contributed by atoms with Crippen LogP contribution < -0.4 is 21.1 Å². The van der Waals surface area contributed by atoms with E-state index in [1.54, 1.807) is 36.4 Å². The second-order valence-electron chi connectivity index (χ2n) is 7.67. The zero-order valence-corrected chi connectivity index (χ0v) is 17.8. The minimum Gasteiger partial charge on any atom is -0.457 e. The number of ether oxygens (including phenoxy) is 1. The van der Waals surface area contributed by atoms with Crippen LogP contribution in [0.4, 0.5) is 15.0 Å². The minimum atomic E-state index is -0.754. The van der Waals surface area contributed by atoms with Gasteiger partial charge in [0.1, 0.15) is 29.2 Å². The van der Waals surface area contributed by atoms with Crippen LogP contribution in [0.2, 0.25) is 0 Å². The molecule has 0 radical (unpaired) electrons. The summed E-state index contributed by atoms with van der Waals surface area (Å²) in [6, 6.07) is 16.8. The Hall–Kier alpha value is -3.94. The molecule has 0 aliphatic rings. The lowest BCUT2D eigenvalue weighted by Gasteiger charge is -2.19. The maximum absolute atomic E-state index is 13.0. The number of aromatic nitrogens is 1. The zero-order chi connectivity index (χ0) is 23.1. The fourth-order valence-corrected chi connectivity index (χ4v) is 3.09. The van der Waals surface area contributed by atoms with E-state index < -0.39 is 12.1 Å². The average molecular weight is 436 g/mol. The van der Waals surface area contributed by atoms with Crippen LogP contribution in [-0.2, 0) is 4.79 Å². The van der Waals surface area contributed by atoms with Crippen molar-refractivity contribution in [3.8, 4) is 22.8 Å². The summed E-state index contributed by atoms with van der Waals surface area (Å²) in [7, 11) is 0. The third kappa shape index (κ3) is 6.53. The molecule has 32 heavy (non-hydrogen) atoms. The lowest BCUT2D eigenvalue weighted by Crippen LogP contribution is -2.46. The summed E-state index contributed by atoms with van der Waals surface area (Å²) in [5, 5.41) is 5.21. The number of carbonyl (C=O) groups is 2. The molecule has 2 aromatic carbocycles. The van der Waals surface area contributed by atoms with Crippen molar-refractivity contribution in [2.45, 2.75) is 26.3 Å². The third-order valence-corrected chi connectivity index (χ3v) is 4.54. The number of nitrogens with zero attached hydrogens (tertiary/aromatic N) is 1. The van der Waals surface area contributed by atoms with Crippen molar-refractivity contribution in [1.82, 2.24) is 10.3 Å². The van der Waals surface area contributed by atoms with Gasteiger partial charge in [-0.05, 0) is 73.0 Å². The number of nitrogens with two attached hydrogens (primary N) is 1. The zero-order valence-electron chi connectivity index (χ0n) is 17.8. The Morgan fingerprint density at radius 2 is 1.62 bits per heavy atom. The molecule has 1 heterocycles. The van der Waals surface area contributed by atoms with Crippen molar-refractivity contribution < 1.29 is 18.7 Å². The number of nitrogens with one attached hydrogen (secondary N) is 2. The van der Waals surface area contributed by atoms with Gasteiger partial charge in [0.25, 0.3) is 0 Å². The topological polar surface area (TPSA) is 106 Å². The maximum Gasteiger partial charge on any atom is 0.312 e. The molecule has 7 nitrogen and oxygen atoms in total. The van der Waals surface area contributed by atoms with Gasteiger partial charge in [-0.1, -0.05) is 19.9 Å². The van der Waals surface area contributed by atoms with Gasteiger partial charge in [-0.15, -0.1) is 0 Å². The molecule has 0 spiro atoms. The van der Waals surface area contributed by atoms with Gasteiger partial charge in [-0.3, -0.25) is 4.79 Å². The fourth-order valence-electron chi connectivity index (χ4n) is 3.09. The number of hydrogen-bond donors (Lipinski definition) is 3. The molecule has 3 rings (SSSR count). The van der Waals surface area contributed by atoms with Crippen LogP contribution in [0.3, 0.4) is 0 Å². The van der Waals surface area contributed by atoms with Crippen LogP contribution in [0, 0.1) is 11.7 Å². The lowest BCUT2D eigenvalue weighted by atomic mass is 10.0. The molecular weight excluding hydrogens is 411 g/mol. The van der Waals surface area contributed by atoms with E-state index >= 15 is 0 Å². The van der Waals surface area contributed by atoms with Gasteiger partial charge in [-0.2, -0.15) is 0 Å². The second-order valence-corrected chi connectivity index (χ2v) is 7.67. The molecule has 8 heteroatoms. The highest BCUT2D eigenvalue weighted by molar-refractivity contribution is 5.96. The van der Waals surface area contributed by atoms with Gasteiger partial charge in [0.2, 0.25) is 5.91 Å². The molecule has 0 aliphatic heterocycles. The molecule has 166 valence electrons. The van der Waals surface area contributed by atoms with E-state index in [0.29, 0.717) is 29.4 Å². The van der Waals surface area contributed by atoms with E-state index in [1.165, 1.54) is 12.1 Å². The first-order valence-corrected chi connectivity index (χ1v) is 10.2. The molecule has 3 amide bonds. The molecule has 1 unspecified atom stereocenters. The number of anilines is 1. The van der Waals surface area contributed by atoms with E-state index in [1.807, 2.05) is 32.0 Å². The van der Waals surface area contributed by atoms with Crippen LogP contribution in [0.15, 0.2) is 66.7 Å². The van der Waals surface area contributed by atoms with Gasteiger partial charge >= 0.3 is 6.03 Å². The molecule has 1 atom stereocenters. The van der Waals surface area contributed by atoms with E-state index in [-0.39, 0.29) is 17.6 Å². The largest absolute Gasteiger partial charge is 0.457 e. The van der Waals surface area contributed by atoms with Gasteiger partial charge in [-0.25, -0.2) is 14.2 Å². The van der Waals surface area contributed by atoms with Crippen LogP contribution >= 0.6 is 0 Å². The maximum atomic E-state index is 13.0. The number of urea groups is 1. The fraction of sp³-hybridized carbons (Fsp3) is 0.208. The van der Waals surface area contributed by atoms with E-state index in [2.05, 4.69) is 15.6 Å². The average Bonchev–Trinajstić information content (AvgIpc) is 2.75. The van der Waals surface area contributed by atoms with Gasteiger partial charge in [0, 0.05) is 5.56 Å². The molecular formula is C24H25FN4O3. The molecule has 0 aliphatic carbocycles. The second kappa shape index (κ2) is 10.4. The smallest absolute Gasteiger partial charge is 0.312 e. The highest BCUT2D eigenvalue weighted by Gasteiger charge is 2.21. The monoisotopic (exact) mass is 436 g/mol. The van der Waals surface area contributed by atoms with Crippen molar-refractivity contribution >= 4 is 17.8 Å². The molecule has 0 saturated heterocycles. The lowest BCUT2D eigenvalue weighted by molar-refractivity contribution is -0.118. The van der Waals surface area contributed by atoms with Crippen LogP contribution in [-0.4, -0.2) is 23.0 Å². The molecule has 3 aromatic rings. The van der Waals surface area contributed by atoms with Gasteiger partial charge in [0.15, 0.2) is 0 Å². The first-order chi connectivity index (χ1) is 15.3. The van der Waals surface area contributed by atoms with Crippen LogP contribution in [0.5, 0.6) is 11.5 Å². The summed E-state index contributed by atoms with van der Waals surface area (Å²) in [5.41, 5.74) is 6.67. The third-order valence-electron chi connectivity index (χ3n) is 4.54. The Labute approximate surface area is 185 Å². The Morgan fingerprint density at radius 3 is 2.22 bits per heavy atom. The number of halogens is 1. The van der Waals surface area contributed by atoms with Crippen molar-refractivity contribution in [3.05, 3.63) is 72.5 Å². The Kier molecular flexibility index (Phi) is 7.38. The number of primary amides is 1. The standard InChI is InChI=1S/C24H25FN4O3/c1-15(2)14-21(28-24(26)31)23(30)29-22-5-3-4-20(27-22)16-6-10-18(11-7-16)32-19-12-8-17(25)9-13-19/h3-13,15,21H,14H2,1-2H3,(H3,26,28,31)(H,27,29,30). The quantitative estimate of drug-likeness (QED) is 0.476. The summed E-state index contributed by atoms with van der Waals surface area (Å²) in [6.07, 6.45) is 0.448. The van der Waals surface area contributed by atoms with Crippen molar-refractivity contribution in [1.29, 1.82) is 0 Å². The van der Waals surface area contributed by atoms with Crippen molar-refractivity contribution in [2.24, 2.45) is 11.7 Å². The molecule has 0 saturated carbocycles. The number of rotatable bonds is 8. The van der Waals surface area contributed by atoms with Gasteiger partial charge < -0.3 is 21.1 Å². The van der Waals surface area contributed by atoms with Crippen LogP contribution in [0.25, 0.3) is 11.3 Å². The van der Waals surface area contributed by atoms with Crippen molar-refractivity contribution in [3.63, 3.8) is 0 Å². The first-order valence-electron chi connectivity index (χ1n) is 10.2. The number of pyridine rings is 1. The number of carbonyl (C=O) groups excluding carboxylic acids is 2. The predicted octanol–water partition coefficient (Wildman–Crippen LogP) is 4.70. The minimum absolute atomic E-state index is 0.188. The predicted molar refractivity (Wildman–Crippen MR) is 121 cm³/mol. The summed E-state index contributed by atoms with van der Waals surface area (Å²) in [4.78, 5) is 28.3. The highest BCUT2D eigenvalue weighted by atomic mass is 19.1. The Morgan fingerprint density at radius 1 is 1.00 bits per heavy atom. The Bertz CT molecular complexity index is 1070. The number of hydrogen-bond acceptors (Lipinski definition) is 4. The summed E-state index contributed by atoms with van der Waals surface area (Å²) in [5.74, 6) is 0.963. The normalized spacial score (nSPS) is 11.6. The Balaban J connectivity index is 1.70. The van der Waals surface area contributed by atoms with Gasteiger partial charge in [0.05, 0.1) is 5.69 Å². The summed E-state index contributed by atoms with van der Waals surface area (Å²) >= 11 is 0. The molecule has 0 bridgehead atoms. The first kappa shape index (κ1) is 22.7. The highest BCUT2D eigenvalue weighted by Crippen LogP contribution is 2.26.